The Morgan fingerprint density at radius 1 is 1.15 bits per heavy atom. The van der Waals surface area contributed by atoms with Gasteiger partial charge in [0.15, 0.2) is 0 Å². The molecular weight excluding hydrogens is 464 g/mol. The number of carbonyl (C=O) groups excluding carboxylic acids is 1. The zero-order valence-electron chi connectivity index (χ0n) is 19.1. The third kappa shape index (κ3) is 5.24. The van der Waals surface area contributed by atoms with Gasteiger partial charge in [-0.15, -0.1) is 5.10 Å². The second-order valence-electron chi connectivity index (χ2n) is 9.51. The molecule has 3 aliphatic rings. The Morgan fingerprint density at radius 3 is 2.41 bits per heavy atom. The minimum atomic E-state index is -2.92. The van der Waals surface area contributed by atoms with Gasteiger partial charge in [-0.1, -0.05) is 5.21 Å². The maximum atomic E-state index is 13.3. The second-order valence-corrected chi connectivity index (χ2v) is 10.6. The summed E-state index contributed by atoms with van der Waals surface area (Å²) >= 11 is 1.63. The minimum Gasteiger partial charge on any atom is -0.481 e. The third-order valence-corrected chi connectivity index (χ3v) is 8.20. The molecule has 8 nitrogen and oxygen atoms in total. The highest BCUT2D eigenvalue weighted by Crippen LogP contribution is 2.57. The quantitative estimate of drug-likeness (QED) is 0.487. The SMILES string of the molecule is CC(F)(F)c1ccc(Cn2cc(CSCCNC(=O)C34CCC(C(=O)O)(CC3)CC4)nn2)nc1. The molecule has 184 valence electrons. The van der Waals surface area contributed by atoms with Crippen molar-refractivity contribution in [3.05, 3.63) is 41.5 Å². The Morgan fingerprint density at radius 2 is 1.82 bits per heavy atom. The van der Waals surface area contributed by atoms with Crippen molar-refractivity contribution < 1.29 is 23.5 Å². The van der Waals surface area contributed by atoms with Crippen molar-refractivity contribution in [3.63, 3.8) is 0 Å². The van der Waals surface area contributed by atoms with E-state index in [1.54, 1.807) is 28.7 Å². The normalized spacial score (nSPS) is 24.2. The predicted octanol–water partition coefficient (Wildman–Crippen LogP) is 3.61. The number of carboxylic acids is 1. The Bertz CT molecular complexity index is 1010. The maximum absolute atomic E-state index is 13.3. The molecule has 1 amide bonds. The smallest absolute Gasteiger partial charge is 0.309 e. The van der Waals surface area contributed by atoms with Gasteiger partial charge in [0, 0.05) is 48.3 Å². The molecule has 2 aromatic heterocycles. The average molecular weight is 494 g/mol. The van der Waals surface area contributed by atoms with Crippen LogP contribution in [0.3, 0.4) is 0 Å². The van der Waals surface area contributed by atoms with E-state index in [9.17, 15) is 23.5 Å². The zero-order valence-corrected chi connectivity index (χ0v) is 19.9. The highest BCUT2D eigenvalue weighted by atomic mass is 32.2. The number of nitrogens with zero attached hydrogens (tertiary/aromatic N) is 4. The summed E-state index contributed by atoms with van der Waals surface area (Å²) in [6.45, 7) is 1.72. The number of nitrogens with one attached hydrogen (secondary N) is 1. The van der Waals surface area contributed by atoms with Crippen LogP contribution in [-0.4, -0.2) is 49.3 Å². The molecule has 0 unspecified atom stereocenters. The van der Waals surface area contributed by atoms with Crippen molar-refractivity contribution >= 4 is 23.6 Å². The number of fused-ring (bicyclic) bond motifs is 3. The van der Waals surface area contributed by atoms with E-state index in [4.69, 9.17) is 0 Å². The van der Waals surface area contributed by atoms with Crippen molar-refractivity contribution in [3.8, 4) is 0 Å². The highest BCUT2D eigenvalue weighted by Gasteiger charge is 2.55. The molecule has 3 aliphatic carbocycles. The first kappa shape index (κ1) is 24.6. The van der Waals surface area contributed by atoms with E-state index in [0.717, 1.165) is 18.4 Å². The van der Waals surface area contributed by atoms with Crippen LogP contribution in [0.2, 0.25) is 0 Å². The number of alkyl halides is 2. The van der Waals surface area contributed by atoms with Crippen molar-refractivity contribution in [2.75, 3.05) is 12.3 Å². The van der Waals surface area contributed by atoms with Crippen LogP contribution < -0.4 is 5.32 Å². The number of thioether (sulfide) groups is 1. The average Bonchev–Trinajstić information content (AvgIpc) is 3.26. The van der Waals surface area contributed by atoms with Gasteiger partial charge in [-0.05, 0) is 50.7 Å². The number of rotatable bonds is 10. The minimum absolute atomic E-state index is 0.0529. The van der Waals surface area contributed by atoms with Crippen LogP contribution >= 0.6 is 11.8 Å². The van der Waals surface area contributed by atoms with Crippen LogP contribution in [-0.2, 0) is 27.8 Å². The fourth-order valence-electron chi connectivity index (χ4n) is 4.87. The summed E-state index contributed by atoms with van der Waals surface area (Å²) in [6.07, 6.45) is 6.70. The summed E-state index contributed by atoms with van der Waals surface area (Å²) in [4.78, 5) is 28.4. The number of carbonyl (C=O) groups is 2. The molecule has 11 heteroatoms. The summed E-state index contributed by atoms with van der Waals surface area (Å²) in [5.74, 6) is -2.22. The van der Waals surface area contributed by atoms with Crippen molar-refractivity contribution in [1.29, 1.82) is 0 Å². The lowest BCUT2D eigenvalue weighted by Gasteiger charge is -2.50. The Kier molecular flexibility index (Phi) is 6.93. The fraction of sp³-hybridized carbons (Fsp3) is 0.609. The molecule has 2 bridgehead atoms. The number of aromatic nitrogens is 4. The summed E-state index contributed by atoms with van der Waals surface area (Å²) in [6, 6.07) is 2.93. The summed E-state index contributed by atoms with van der Waals surface area (Å²) < 4.78 is 28.2. The Labute approximate surface area is 200 Å². The van der Waals surface area contributed by atoms with Crippen LogP contribution in [0.25, 0.3) is 0 Å². The molecule has 0 aromatic carbocycles. The van der Waals surface area contributed by atoms with E-state index in [1.807, 2.05) is 0 Å². The predicted molar refractivity (Wildman–Crippen MR) is 122 cm³/mol. The summed E-state index contributed by atoms with van der Waals surface area (Å²) in [5, 5.41) is 20.7. The van der Waals surface area contributed by atoms with Gasteiger partial charge in [-0.2, -0.15) is 11.8 Å². The van der Waals surface area contributed by atoms with E-state index in [0.29, 0.717) is 63.1 Å². The number of halogens is 2. The van der Waals surface area contributed by atoms with Gasteiger partial charge < -0.3 is 10.4 Å². The van der Waals surface area contributed by atoms with E-state index in [2.05, 4.69) is 20.6 Å². The van der Waals surface area contributed by atoms with Gasteiger partial charge in [0.25, 0.3) is 5.92 Å². The lowest BCUT2D eigenvalue weighted by molar-refractivity contribution is -0.163. The summed E-state index contributed by atoms with van der Waals surface area (Å²) in [7, 11) is 0. The lowest BCUT2D eigenvalue weighted by atomic mass is 9.53. The van der Waals surface area contributed by atoms with Gasteiger partial charge in [0.1, 0.15) is 0 Å². The highest BCUT2D eigenvalue weighted by molar-refractivity contribution is 7.98. The third-order valence-electron chi connectivity index (χ3n) is 7.21. The molecule has 3 saturated carbocycles. The molecular formula is C23H29F2N5O3S. The Balaban J connectivity index is 1.17. The van der Waals surface area contributed by atoms with Crippen molar-refractivity contribution in [1.82, 2.24) is 25.3 Å². The molecule has 0 saturated heterocycles. The van der Waals surface area contributed by atoms with Crippen LogP contribution in [0, 0.1) is 10.8 Å². The molecule has 0 spiro atoms. The number of hydrogen-bond acceptors (Lipinski definition) is 6. The molecule has 3 fully saturated rings. The molecule has 2 N–H and O–H groups in total. The number of aliphatic carboxylic acids is 1. The van der Waals surface area contributed by atoms with E-state index in [1.165, 1.54) is 12.3 Å². The van der Waals surface area contributed by atoms with Gasteiger partial charge in [-0.25, -0.2) is 13.5 Å². The second kappa shape index (κ2) is 9.59. The number of amides is 1. The van der Waals surface area contributed by atoms with Crippen LogP contribution in [0.15, 0.2) is 24.5 Å². The first-order valence-corrected chi connectivity index (χ1v) is 12.6. The molecule has 0 aliphatic heterocycles. The van der Waals surface area contributed by atoms with E-state index < -0.39 is 22.7 Å². The number of hydrogen-bond donors (Lipinski definition) is 2. The summed E-state index contributed by atoms with van der Waals surface area (Å²) in [5.41, 5.74) is 0.267. The van der Waals surface area contributed by atoms with Gasteiger partial charge >= 0.3 is 5.97 Å². The van der Waals surface area contributed by atoms with Crippen LogP contribution in [0.5, 0.6) is 0 Å². The molecule has 2 heterocycles. The van der Waals surface area contributed by atoms with Gasteiger partial charge in [0.05, 0.1) is 23.3 Å². The topological polar surface area (TPSA) is 110 Å². The van der Waals surface area contributed by atoms with Crippen molar-refractivity contribution in [2.24, 2.45) is 10.8 Å². The Hall–Kier alpha value is -2.56. The molecule has 2 aromatic rings. The van der Waals surface area contributed by atoms with Gasteiger partial charge in [0.2, 0.25) is 5.91 Å². The van der Waals surface area contributed by atoms with Crippen LogP contribution in [0.4, 0.5) is 8.78 Å². The monoisotopic (exact) mass is 493 g/mol. The van der Waals surface area contributed by atoms with E-state index in [-0.39, 0.29) is 11.5 Å². The van der Waals surface area contributed by atoms with E-state index >= 15 is 0 Å². The first-order chi connectivity index (χ1) is 16.1. The van der Waals surface area contributed by atoms with Gasteiger partial charge in [-0.3, -0.25) is 14.6 Å². The van der Waals surface area contributed by atoms with Crippen LogP contribution in [0.1, 0.15) is 62.4 Å². The molecule has 5 rings (SSSR count). The lowest BCUT2D eigenvalue weighted by Crippen LogP contribution is -2.52. The fourth-order valence-corrected chi connectivity index (χ4v) is 5.61. The number of carboxylic acid groups (broad SMARTS) is 1. The van der Waals surface area contributed by atoms with Crippen molar-refractivity contribution in [2.45, 2.75) is 63.7 Å². The largest absolute Gasteiger partial charge is 0.481 e. The molecule has 0 radical (unpaired) electrons. The number of pyridine rings is 1. The molecule has 34 heavy (non-hydrogen) atoms. The molecule has 0 atom stereocenters. The maximum Gasteiger partial charge on any atom is 0.309 e. The standard InChI is InChI=1S/C23H29F2N5O3S/c1-21(24,25)16-2-3-17(27-12-16)13-30-14-18(28-29-30)15-34-11-10-26-19(31)22-4-7-23(8-5-22,9-6-22)20(32)33/h2-3,12,14H,4-11,13,15H2,1H3,(H,26,31)(H,32,33). The zero-order chi connectivity index (χ0) is 24.4. The first-order valence-electron chi connectivity index (χ1n) is 11.4.